The number of nitrogens with one attached hydrogen (secondary N) is 1. The zero-order valence-corrected chi connectivity index (χ0v) is 13.4. The Morgan fingerprint density at radius 2 is 1.92 bits per heavy atom. The number of amides is 1. The minimum absolute atomic E-state index is 0.450. The lowest BCUT2D eigenvalue weighted by Crippen LogP contribution is -2.41. The highest BCUT2D eigenvalue weighted by atomic mass is 19.1. The van der Waals surface area contributed by atoms with Gasteiger partial charge in [-0.05, 0) is 44.2 Å². The SMILES string of the molecule is CC1(C)CC(NC(=O)c2c(F)cccc2F)c2cc(N)ccc2O1. The van der Waals surface area contributed by atoms with Gasteiger partial charge in [0.1, 0.15) is 28.5 Å². The van der Waals surface area contributed by atoms with Crippen LogP contribution in [0.15, 0.2) is 36.4 Å². The minimum Gasteiger partial charge on any atom is -0.487 e. The zero-order valence-electron chi connectivity index (χ0n) is 13.4. The predicted molar refractivity (Wildman–Crippen MR) is 86.7 cm³/mol. The molecule has 0 saturated carbocycles. The Bertz CT molecular complexity index is 785. The summed E-state index contributed by atoms with van der Waals surface area (Å²) < 4.78 is 33.5. The van der Waals surface area contributed by atoms with Crippen LogP contribution in [0.2, 0.25) is 0 Å². The second-order valence-corrected chi connectivity index (χ2v) is 6.49. The summed E-state index contributed by atoms with van der Waals surface area (Å²) in [4.78, 5) is 12.4. The third kappa shape index (κ3) is 3.04. The van der Waals surface area contributed by atoms with Gasteiger partial charge >= 0.3 is 0 Å². The van der Waals surface area contributed by atoms with Gasteiger partial charge in [0.2, 0.25) is 0 Å². The quantitative estimate of drug-likeness (QED) is 0.826. The molecule has 2 aromatic carbocycles. The van der Waals surface area contributed by atoms with Gasteiger partial charge in [-0.2, -0.15) is 0 Å². The fourth-order valence-corrected chi connectivity index (χ4v) is 2.95. The van der Waals surface area contributed by atoms with Gasteiger partial charge in [-0.3, -0.25) is 4.79 Å². The molecule has 0 fully saturated rings. The third-order valence-electron chi connectivity index (χ3n) is 3.99. The summed E-state index contributed by atoms with van der Waals surface area (Å²) in [7, 11) is 0. The van der Waals surface area contributed by atoms with Crippen molar-refractivity contribution < 1.29 is 18.3 Å². The molecule has 6 heteroatoms. The number of fused-ring (bicyclic) bond motifs is 1. The van der Waals surface area contributed by atoms with Crippen LogP contribution in [0.5, 0.6) is 5.75 Å². The second kappa shape index (κ2) is 5.78. The molecule has 4 nitrogen and oxygen atoms in total. The monoisotopic (exact) mass is 332 g/mol. The number of carbonyl (C=O) groups excluding carboxylic acids is 1. The topological polar surface area (TPSA) is 64.4 Å². The van der Waals surface area contributed by atoms with Crippen molar-refractivity contribution in [3.63, 3.8) is 0 Å². The number of nitrogen functional groups attached to an aromatic ring is 1. The fourth-order valence-electron chi connectivity index (χ4n) is 2.95. The number of anilines is 1. The number of benzene rings is 2. The van der Waals surface area contributed by atoms with Crippen molar-refractivity contribution in [2.75, 3.05) is 5.73 Å². The fraction of sp³-hybridized carbons (Fsp3) is 0.278. The summed E-state index contributed by atoms with van der Waals surface area (Å²) in [5.41, 5.74) is 5.91. The Balaban J connectivity index is 1.95. The smallest absolute Gasteiger partial charge is 0.257 e. The van der Waals surface area contributed by atoms with Gasteiger partial charge in [0, 0.05) is 17.7 Å². The molecule has 0 radical (unpaired) electrons. The highest BCUT2D eigenvalue weighted by molar-refractivity contribution is 5.95. The van der Waals surface area contributed by atoms with Gasteiger partial charge in [0.05, 0.1) is 6.04 Å². The molecule has 3 N–H and O–H groups in total. The Labute approximate surface area is 138 Å². The summed E-state index contributed by atoms with van der Waals surface area (Å²) in [5, 5.41) is 2.70. The van der Waals surface area contributed by atoms with E-state index in [-0.39, 0.29) is 0 Å². The first kappa shape index (κ1) is 16.2. The maximum Gasteiger partial charge on any atom is 0.257 e. The van der Waals surface area contributed by atoms with E-state index in [1.54, 1.807) is 18.2 Å². The van der Waals surface area contributed by atoms with Crippen molar-refractivity contribution in [1.82, 2.24) is 5.32 Å². The third-order valence-corrected chi connectivity index (χ3v) is 3.99. The van der Waals surface area contributed by atoms with Crippen molar-refractivity contribution in [3.05, 3.63) is 59.2 Å². The molecule has 24 heavy (non-hydrogen) atoms. The van der Waals surface area contributed by atoms with Crippen LogP contribution in [-0.4, -0.2) is 11.5 Å². The Kier molecular flexibility index (Phi) is 3.91. The maximum absolute atomic E-state index is 13.8. The van der Waals surface area contributed by atoms with E-state index in [1.165, 1.54) is 6.07 Å². The van der Waals surface area contributed by atoms with Gasteiger partial charge in [-0.1, -0.05) is 6.07 Å². The molecule has 0 spiro atoms. The molecule has 3 rings (SSSR count). The van der Waals surface area contributed by atoms with Crippen LogP contribution in [0.25, 0.3) is 0 Å². The number of hydrogen-bond donors (Lipinski definition) is 2. The summed E-state index contributed by atoms with van der Waals surface area (Å²) in [6.07, 6.45) is 0.450. The number of hydrogen-bond acceptors (Lipinski definition) is 3. The van der Waals surface area contributed by atoms with Crippen molar-refractivity contribution in [1.29, 1.82) is 0 Å². The highest BCUT2D eigenvalue weighted by Crippen LogP contribution is 2.40. The van der Waals surface area contributed by atoms with E-state index in [4.69, 9.17) is 10.5 Å². The average Bonchev–Trinajstić information content (AvgIpc) is 2.47. The number of halogens is 2. The summed E-state index contributed by atoms with van der Waals surface area (Å²) in [6.45, 7) is 3.77. The molecule has 126 valence electrons. The normalized spacial score (nSPS) is 18.4. The Morgan fingerprint density at radius 3 is 2.58 bits per heavy atom. The van der Waals surface area contributed by atoms with Gasteiger partial charge < -0.3 is 15.8 Å². The molecular formula is C18H18F2N2O2. The number of ether oxygens (including phenoxy) is 1. The van der Waals surface area contributed by atoms with Gasteiger partial charge in [-0.15, -0.1) is 0 Å². The molecule has 2 aromatic rings. The lowest BCUT2D eigenvalue weighted by molar-refractivity contribution is 0.0618. The van der Waals surface area contributed by atoms with Gasteiger partial charge in [0.25, 0.3) is 5.91 Å². The summed E-state index contributed by atoms with van der Waals surface area (Å²) >= 11 is 0. The van der Waals surface area contributed by atoms with E-state index in [2.05, 4.69) is 5.32 Å². The van der Waals surface area contributed by atoms with E-state index in [0.29, 0.717) is 23.4 Å². The molecule has 1 heterocycles. The van der Waals surface area contributed by atoms with E-state index in [9.17, 15) is 13.6 Å². The first-order valence-electron chi connectivity index (χ1n) is 7.60. The van der Waals surface area contributed by atoms with Crippen molar-refractivity contribution in [2.45, 2.75) is 31.9 Å². The Hall–Kier alpha value is -2.63. The lowest BCUT2D eigenvalue weighted by Gasteiger charge is -2.38. The molecule has 0 bridgehead atoms. The van der Waals surface area contributed by atoms with Crippen LogP contribution >= 0.6 is 0 Å². The molecule has 1 amide bonds. The van der Waals surface area contributed by atoms with E-state index in [0.717, 1.165) is 12.1 Å². The molecule has 0 aromatic heterocycles. The summed E-state index contributed by atoms with van der Waals surface area (Å²) in [5.74, 6) is -2.00. The average molecular weight is 332 g/mol. The second-order valence-electron chi connectivity index (χ2n) is 6.49. The maximum atomic E-state index is 13.8. The van der Waals surface area contributed by atoms with Crippen LogP contribution in [0, 0.1) is 11.6 Å². The molecule has 1 unspecified atom stereocenters. The zero-order chi connectivity index (χ0) is 17.5. The van der Waals surface area contributed by atoms with Crippen molar-refractivity contribution in [3.8, 4) is 5.75 Å². The first-order valence-corrected chi connectivity index (χ1v) is 7.60. The van der Waals surface area contributed by atoms with Crippen LogP contribution in [-0.2, 0) is 0 Å². The largest absolute Gasteiger partial charge is 0.487 e. The van der Waals surface area contributed by atoms with Crippen LogP contribution in [0.1, 0.15) is 42.2 Å². The lowest BCUT2D eigenvalue weighted by atomic mass is 9.89. The molecular weight excluding hydrogens is 314 g/mol. The highest BCUT2D eigenvalue weighted by Gasteiger charge is 2.35. The van der Waals surface area contributed by atoms with Crippen molar-refractivity contribution in [2.24, 2.45) is 0 Å². The van der Waals surface area contributed by atoms with Crippen LogP contribution in [0.4, 0.5) is 14.5 Å². The van der Waals surface area contributed by atoms with Crippen LogP contribution in [0.3, 0.4) is 0 Å². The minimum atomic E-state index is -0.897. The molecule has 1 aliphatic rings. The molecule has 1 aliphatic heterocycles. The molecule has 1 atom stereocenters. The Morgan fingerprint density at radius 1 is 1.25 bits per heavy atom. The van der Waals surface area contributed by atoms with E-state index < -0.39 is 34.7 Å². The van der Waals surface area contributed by atoms with Gasteiger partial charge in [-0.25, -0.2) is 8.78 Å². The van der Waals surface area contributed by atoms with E-state index in [1.807, 2.05) is 13.8 Å². The van der Waals surface area contributed by atoms with Crippen LogP contribution < -0.4 is 15.8 Å². The molecule has 0 saturated heterocycles. The summed E-state index contributed by atoms with van der Waals surface area (Å²) in [6, 6.07) is 8.00. The van der Waals surface area contributed by atoms with E-state index >= 15 is 0 Å². The molecule has 0 aliphatic carbocycles. The number of rotatable bonds is 2. The van der Waals surface area contributed by atoms with Gasteiger partial charge in [0.15, 0.2) is 0 Å². The van der Waals surface area contributed by atoms with Crippen molar-refractivity contribution >= 4 is 11.6 Å². The first-order chi connectivity index (χ1) is 11.3. The standard InChI is InChI=1S/C18H18F2N2O2/c1-18(2)9-14(11-8-10(21)6-7-15(11)24-18)22-17(23)16-12(19)4-3-5-13(16)20/h3-8,14H,9,21H2,1-2H3,(H,22,23). The number of carbonyl (C=O) groups is 1. The number of nitrogens with two attached hydrogens (primary N) is 1. The predicted octanol–water partition coefficient (Wildman–Crippen LogP) is 3.58.